The average Bonchev–Trinajstić information content (AvgIpc) is 2.16. The molecular formula is C10H9NO3. The summed E-state index contributed by atoms with van der Waals surface area (Å²) < 4.78 is 4.83. The maximum absolute atomic E-state index is 11.0. The lowest BCUT2D eigenvalue weighted by molar-refractivity contribution is -0.129. The molecule has 0 aliphatic rings. The number of benzene rings is 1. The maximum atomic E-state index is 11.0. The van der Waals surface area contributed by atoms with Gasteiger partial charge in [-0.1, -0.05) is 18.2 Å². The standard InChI is InChI=1S/C10H9NO3/c11-9(12)6-7-10(13)14-8-4-2-1-3-5-8/h1-7H,(H2,11,12). The van der Waals surface area contributed by atoms with Crippen molar-refractivity contribution >= 4 is 11.9 Å². The quantitative estimate of drug-likeness (QED) is 0.433. The van der Waals surface area contributed by atoms with Crippen molar-refractivity contribution in [3.8, 4) is 5.75 Å². The summed E-state index contributed by atoms with van der Waals surface area (Å²) in [6, 6.07) is 8.55. The van der Waals surface area contributed by atoms with Gasteiger partial charge in [0.25, 0.3) is 0 Å². The van der Waals surface area contributed by atoms with Crippen molar-refractivity contribution < 1.29 is 14.3 Å². The first kappa shape index (κ1) is 9.98. The zero-order valence-corrected chi connectivity index (χ0v) is 7.34. The summed E-state index contributed by atoms with van der Waals surface area (Å²) in [4.78, 5) is 21.3. The Balaban J connectivity index is 2.54. The molecular weight excluding hydrogens is 182 g/mol. The third-order valence-corrected chi connectivity index (χ3v) is 1.35. The fourth-order valence-electron chi connectivity index (χ4n) is 0.789. The highest BCUT2D eigenvalue weighted by atomic mass is 16.5. The number of amides is 1. The Morgan fingerprint density at radius 3 is 2.36 bits per heavy atom. The Bertz CT molecular complexity index is 357. The average molecular weight is 191 g/mol. The van der Waals surface area contributed by atoms with Gasteiger partial charge in [-0.3, -0.25) is 4.79 Å². The van der Waals surface area contributed by atoms with Gasteiger partial charge in [0.1, 0.15) is 5.75 Å². The lowest BCUT2D eigenvalue weighted by Crippen LogP contribution is -2.09. The Morgan fingerprint density at radius 2 is 1.79 bits per heavy atom. The van der Waals surface area contributed by atoms with Gasteiger partial charge in [0.05, 0.1) is 0 Å². The Kier molecular flexibility index (Phi) is 3.43. The van der Waals surface area contributed by atoms with Crippen LogP contribution in [0.25, 0.3) is 0 Å². The van der Waals surface area contributed by atoms with E-state index in [9.17, 15) is 9.59 Å². The Labute approximate surface area is 81.0 Å². The van der Waals surface area contributed by atoms with Gasteiger partial charge in [-0.15, -0.1) is 0 Å². The summed E-state index contributed by atoms with van der Waals surface area (Å²) in [6.07, 6.45) is 1.93. The molecule has 0 saturated heterocycles. The van der Waals surface area contributed by atoms with Crippen LogP contribution in [0.5, 0.6) is 5.75 Å². The summed E-state index contributed by atoms with van der Waals surface area (Å²) in [5.41, 5.74) is 4.80. The number of primary amides is 1. The molecule has 4 nitrogen and oxygen atoms in total. The molecule has 0 atom stereocenters. The molecule has 0 fully saturated rings. The van der Waals surface area contributed by atoms with Crippen LogP contribution in [0.4, 0.5) is 0 Å². The van der Waals surface area contributed by atoms with Gasteiger partial charge in [-0.2, -0.15) is 0 Å². The van der Waals surface area contributed by atoms with E-state index in [4.69, 9.17) is 10.5 Å². The van der Waals surface area contributed by atoms with Crippen LogP contribution in [0.3, 0.4) is 0 Å². The lowest BCUT2D eigenvalue weighted by atomic mass is 10.3. The minimum Gasteiger partial charge on any atom is -0.423 e. The molecule has 0 saturated carbocycles. The molecule has 1 aromatic rings. The number of ether oxygens (including phenoxy) is 1. The number of para-hydroxylation sites is 1. The number of hydrogen-bond donors (Lipinski definition) is 1. The van der Waals surface area contributed by atoms with Crippen LogP contribution in [-0.4, -0.2) is 11.9 Å². The van der Waals surface area contributed by atoms with E-state index in [-0.39, 0.29) is 0 Å². The van der Waals surface area contributed by atoms with Gasteiger partial charge in [0.15, 0.2) is 0 Å². The first-order chi connectivity index (χ1) is 6.68. The third kappa shape index (κ3) is 3.53. The largest absolute Gasteiger partial charge is 0.423 e. The van der Waals surface area contributed by atoms with E-state index >= 15 is 0 Å². The van der Waals surface area contributed by atoms with Crippen LogP contribution >= 0.6 is 0 Å². The fraction of sp³-hybridized carbons (Fsp3) is 0. The number of rotatable bonds is 3. The van der Waals surface area contributed by atoms with Crippen LogP contribution in [0, 0.1) is 0 Å². The van der Waals surface area contributed by atoms with Gasteiger partial charge in [0.2, 0.25) is 5.91 Å². The number of carbonyl (C=O) groups excluding carboxylic acids is 2. The lowest BCUT2D eigenvalue weighted by Gasteiger charge is -1.98. The molecule has 0 unspecified atom stereocenters. The van der Waals surface area contributed by atoms with Crippen molar-refractivity contribution in [3.63, 3.8) is 0 Å². The van der Waals surface area contributed by atoms with E-state index in [0.717, 1.165) is 12.2 Å². The fourth-order valence-corrected chi connectivity index (χ4v) is 0.789. The van der Waals surface area contributed by atoms with Crippen molar-refractivity contribution in [2.75, 3.05) is 0 Å². The van der Waals surface area contributed by atoms with Crippen LogP contribution in [0.2, 0.25) is 0 Å². The molecule has 1 amide bonds. The molecule has 0 aromatic heterocycles. The first-order valence-corrected chi connectivity index (χ1v) is 3.93. The molecule has 0 aliphatic carbocycles. The second-order valence-electron chi connectivity index (χ2n) is 2.47. The van der Waals surface area contributed by atoms with Crippen molar-refractivity contribution in [2.24, 2.45) is 5.73 Å². The van der Waals surface area contributed by atoms with Crippen molar-refractivity contribution in [1.29, 1.82) is 0 Å². The molecule has 14 heavy (non-hydrogen) atoms. The van der Waals surface area contributed by atoms with Gasteiger partial charge < -0.3 is 10.5 Å². The Hall–Kier alpha value is -2.10. The molecule has 0 radical (unpaired) electrons. The van der Waals surface area contributed by atoms with E-state index in [1.807, 2.05) is 0 Å². The highest BCUT2D eigenvalue weighted by molar-refractivity contribution is 5.94. The molecule has 72 valence electrons. The second kappa shape index (κ2) is 4.81. The summed E-state index contributed by atoms with van der Waals surface area (Å²) in [5, 5.41) is 0. The van der Waals surface area contributed by atoms with E-state index in [1.54, 1.807) is 30.3 Å². The number of nitrogens with two attached hydrogens (primary N) is 1. The van der Waals surface area contributed by atoms with E-state index in [0.29, 0.717) is 5.75 Å². The van der Waals surface area contributed by atoms with E-state index in [1.165, 1.54) is 0 Å². The van der Waals surface area contributed by atoms with Crippen LogP contribution in [0.1, 0.15) is 0 Å². The summed E-state index contributed by atoms with van der Waals surface area (Å²) in [7, 11) is 0. The highest BCUT2D eigenvalue weighted by Crippen LogP contribution is 2.08. The monoisotopic (exact) mass is 191 g/mol. The van der Waals surface area contributed by atoms with Gasteiger partial charge in [-0.05, 0) is 12.1 Å². The van der Waals surface area contributed by atoms with E-state index < -0.39 is 11.9 Å². The maximum Gasteiger partial charge on any atom is 0.336 e. The van der Waals surface area contributed by atoms with Crippen LogP contribution < -0.4 is 10.5 Å². The molecule has 0 spiro atoms. The SMILES string of the molecule is NC(=O)C=CC(=O)Oc1ccccc1. The molecule has 0 aliphatic heterocycles. The second-order valence-corrected chi connectivity index (χ2v) is 2.47. The van der Waals surface area contributed by atoms with Gasteiger partial charge >= 0.3 is 5.97 Å². The summed E-state index contributed by atoms with van der Waals surface area (Å²) in [5.74, 6) is -0.892. The number of esters is 1. The van der Waals surface area contributed by atoms with Crippen molar-refractivity contribution in [2.45, 2.75) is 0 Å². The number of carbonyl (C=O) groups is 2. The van der Waals surface area contributed by atoms with Gasteiger partial charge in [-0.25, -0.2) is 4.79 Å². The first-order valence-electron chi connectivity index (χ1n) is 3.93. The van der Waals surface area contributed by atoms with Crippen molar-refractivity contribution in [1.82, 2.24) is 0 Å². The molecule has 0 bridgehead atoms. The molecule has 1 aromatic carbocycles. The summed E-state index contributed by atoms with van der Waals surface area (Å²) >= 11 is 0. The topological polar surface area (TPSA) is 69.4 Å². The third-order valence-electron chi connectivity index (χ3n) is 1.35. The van der Waals surface area contributed by atoms with E-state index in [2.05, 4.69) is 0 Å². The zero-order valence-electron chi connectivity index (χ0n) is 7.34. The summed E-state index contributed by atoms with van der Waals surface area (Å²) in [6.45, 7) is 0. The molecule has 2 N–H and O–H groups in total. The van der Waals surface area contributed by atoms with Crippen LogP contribution in [-0.2, 0) is 9.59 Å². The highest BCUT2D eigenvalue weighted by Gasteiger charge is 1.98. The van der Waals surface area contributed by atoms with Gasteiger partial charge in [0, 0.05) is 12.2 Å². The number of hydrogen-bond acceptors (Lipinski definition) is 3. The Morgan fingerprint density at radius 1 is 1.14 bits per heavy atom. The molecule has 0 heterocycles. The predicted molar refractivity (Wildman–Crippen MR) is 50.4 cm³/mol. The normalized spacial score (nSPS) is 10.0. The minimum atomic E-state index is -0.685. The smallest absolute Gasteiger partial charge is 0.336 e. The zero-order chi connectivity index (χ0) is 10.4. The predicted octanol–water partition coefficient (Wildman–Crippen LogP) is 0.633. The molecule has 1 rings (SSSR count). The minimum absolute atomic E-state index is 0.423. The van der Waals surface area contributed by atoms with Crippen LogP contribution in [0.15, 0.2) is 42.5 Å². The molecule has 4 heteroatoms. The van der Waals surface area contributed by atoms with Crippen molar-refractivity contribution in [3.05, 3.63) is 42.5 Å².